The van der Waals surface area contributed by atoms with Crippen molar-refractivity contribution in [1.82, 2.24) is 5.32 Å². The van der Waals surface area contributed by atoms with Crippen LogP contribution in [0.1, 0.15) is 38.5 Å². The topological polar surface area (TPSA) is 44.4 Å². The van der Waals surface area contributed by atoms with E-state index in [-0.39, 0.29) is 6.03 Å². The predicted octanol–water partition coefficient (Wildman–Crippen LogP) is 4.09. The molecule has 5 rings (SSSR count). The van der Waals surface area contributed by atoms with Crippen molar-refractivity contribution in [2.75, 3.05) is 30.9 Å². The smallest absolute Gasteiger partial charge is 0.319 e. The summed E-state index contributed by atoms with van der Waals surface area (Å²) < 4.78 is 0. The number of nitrogens with one attached hydrogen (secondary N) is 2. The Labute approximate surface area is 145 Å². The molecule has 0 aromatic heterocycles. The van der Waals surface area contributed by atoms with Crippen molar-refractivity contribution in [2.24, 2.45) is 23.2 Å². The molecule has 1 aromatic rings. The minimum absolute atomic E-state index is 0.0663. The van der Waals surface area contributed by atoms with Gasteiger partial charge in [-0.05, 0) is 86.0 Å². The van der Waals surface area contributed by atoms with Crippen molar-refractivity contribution in [2.45, 2.75) is 38.5 Å². The monoisotopic (exact) mass is 327 g/mol. The summed E-state index contributed by atoms with van der Waals surface area (Å²) in [7, 11) is 4.03. The first-order valence-corrected chi connectivity index (χ1v) is 9.34. The zero-order valence-corrected chi connectivity index (χ0v) is 14.8. The van der Waals surface area contributed by atoms with E-state index in [0.717, 1.165) is 35.7 Å². The fraction of sp³-hybridized carbons (Fsp3) is 0.650. The van der Waals surface area contributed by atoms with Crippen LogP contribution in [0.15, 0.2) is 24.3 Å². The molecule has 0 radical (unpaired) electrons. The van der Waals surface area contributed by atoms with Gasteiger partial charge < -0.3 is 15.5 Å². The van der Waals surface area contributed by atoms with Gasteiger partial charge in [0.2, 0.25) is 0 Å². The van der Waals surface area contributed by atoms with Gasteiger partial charge >= 0.3 is 6.03 Å². The molecule has 130 valence electrons. The molecule has 4 fully saturated rings. The maximum Gasteiger partial charge on any atom is 0.319 e. The number of amides is 2. The number of benzene rings is 1. The molecule has 0 atom stereocenters. The lowest BCUT2D eigenvalue weighted by Crippen LogP contribution is -2.51. The van der Waals surface area contributed by atoms with Crippen molar-refractivity contribution < 1.29 is 4.79 Å². The van der Waals surface area contributed by atoms with E-state index in [1.54, 1.807) is 0 Å². The van der Waals surface area contributed by atoms with E-state index in [9.17, 15) is 4.79 Å². The quantitative estimate of drug-likeness (QED) is 0.875. The van der Waals surface area contributed by atoms with Crippen LogP contribution in [0.4, 0.5) is 16.2 Å². The second kappa shape index (κ2) is 5.98. The van der Waals surface area contributed by atoms with Crippen LogP contribution in [-0.4, -0.2) is 26.7 Å². The summed E-state index contributed by atoms with van der Waals surface area (Å²) in [6, 6.07) is 7.89. The first-order valence-electron chi connectivity index (χ1n) is 9.34. The Kier molecular flexibility index (Phi) is 3.93. The molecule has 0 saturated heterocycles. The van der Waals surface area contributed by atoms with Crippen LogP contribution in [-0.2, 0) is 0 Å². The molecule has 0 heterocycles. The number of hydrogen-bond donors (Lipinski definition) is 2. The fourth-order valence-corrected chi connectivity index (χ4v) is 5.79. The molecule has 2 N–H and O–H groups in total. The third-order valence-electron chi connectivity index (χ3n) is 6.43. The largest absolute Gasteiger partial charge is 0.378 e. The van der Waals surface area contributed by atoms with Gasteiger partial charge in [-0.2, -0.15) is 0 Å². The van der Waals surface area contributed by atoms with Gasteiger partial charge in [0.25, 0.3) is 0 Å². The van der Waals surface area contributed by atoms with Gasteiger partial charge in [-0.25, -0.2) is 4.79 Å². The van der Waals surface area contributed by atoms with E-state index in [0.29, 0.717) is 5.41 Å². The summed E-state index contributed by atoms with van der Waals surface area (Å²) in [5.41, 5.74) is 2.37. The third-order valence-corrected chi connectivity index (χ3v) is 6.43. The van der Waals surface area contributed by atoms with Gasteiger partial charge in [0.1, 0.15) is 0 Å². The van der Waals surface area contributed by atoms with Crippen LogP contribution in [0.3, 0.4) is 0 Å². The lowest BCUT2D eigenvalue weighted by Gasteiger charge is -2.56. The first-order chi connectivity index (χ1) is 11.5. The summed E-state index contributed by atoms with van der Waals surface area (Å²) in [6.07, 6.45) is 8.33. The maximum absolute atomic E-state index is 12.3. The van der Waals surface area contributed by atoms with Crippen LogP contribution < -0.4 is 15.5 Å². The van der Waals surface area contributed by atoms with Crippen molar-refractivity contribution in [3.05, 3.63) is 24.3 Å². The first kappa shape index (κ1) is 15.8. The van der Waals surface area contributed by atoms with Crippen molar-refractivity contribution >= 4 is 17.4 Å². The average molecular weight is 327 g/mol. The Morgan fingerprint density at radius 3 is 2.08 bits per heavy atom. The molecule has 0 unspecified atom stereocenters. The normalized spacial score (nSPS) is 33.3. The van der Waals surface area contributed by atoms with Gasteiger partial charge in [-0.3, -0.25) is 0 Å². The Hall–Kier alpha value is -1.71. The number of nitrogens with zero attached hydrogens (tertiary/aromatic N) is 1. The molecule has 4 aliphatic rings. The van der Waals surface area contributed by atoms with Crippen LogP contribution in [0.25, 0.3) is 0 Å². The highest BCUT2D eigenvalue weighted by molar-refractivity contribution is 5.89. The molecule has 24 heavy (non-hydrogen) atoms. The predicted molar refractivity (Wildman–Crippen MR) is 98.4 cm³/mol. The highest BCUT2D eigenvalue weighted by atomic mass is 16.2. The molecule has 4 bridgehead atoms. The van der Waals surface area contributed by atoms with Crippen LogP contribution in [0.5, 0.6) is 0 Å². The van der Waals surface area contributed by atoms with Gasteiger partial charge in [0.05, 0.1) is 0 Å². The second-order valence-corrected chi connectivity index (χ2v) is 8.67. The molecule has 4 saturated carbocycles. The summed E-state index contributed by atoms with van der Waals surface area (Å²) in [5, 5.41) is 6.14. The number of urea groups is 1. The average Bonchev–Trinajstić information content (AvgIpc) is 2.52. The van der Waals surface area contributed by atoms with E-state index in [1.807, 2.05) is 38.4 Å². The molecule has 2 amide bonds. The second-order valence-electron chi connectivity index (χ2n) is 8.67. The number of carbonyl (C=O) groups excluding carboxylic acids is 1. The number of rotatable bonds is 4. The Balaban J connectivity index is 1.32. The Morgan fingerprint density at radius 2 is 1.58 bits per heavy atom. The molecule has 0 aliphatic heterocycles. The van der Waals surface area contributed by atoms with Crippen LogP contribution in [0, 0.1) is 23.2 Å². The number of hydrogen-bond acceptors (Lipinski definition) is 2. The van der Waals surface area contributed by atoms with Crippen molar-refractivity contribution in [1.29, 1.82) is 0 Å². The van der Waals surface area contributed by atoms with E-state index < -0.39 is 0 Å². The molecule has 4 aliphatic carbocycles. The molecular weight excluding hydrogens is 298 g/mol. The van der Waals surface area contributed by atoms with Gasteiger partial charge in [-0.15, -0.1) is 0 Å². The number of anilines is 2. The standard InChI is InChI=1S/C20H29N3O/c1-23(2)18-5-3-17(4-6-18)22-19(24)21-13-20-10-14-7-15(11-20)9-16(8-14)12-20/h3-6,14-16H,7-13H2,1-2H3,(H2,21,22,24). The third kappa shape index (κ3) is 3.11. The highest BCUT2D eigenvalue weighted by Crippen LogP contribution is 2.59. The molecular formula is C20H29N3O. The Bertz CT molecular complexity index is 573. The van der Waals surface area contributed by atoms with E-state index in [1.165, 1.54) is 38.5 Å². The zero-order chi connectivity index (χ0) is 16.7. The van der Waals surface area contributed by atoms with Crippen LogP contribution >= 0.6 is 0 Å². The maximum atomic E-state index is 12.3. The van der Waals surface area contributed by atoms with E-state index in [2.05, 4.69) is 15.5 Å². The summed E-state index contributed by atoms with van der Waals surface area (Å²) in [4.78, 5) is 14.3. The van der Waals surface area contributed by atoms with E-state index >= 15 is 0 Å². The Morgan fingerprint density at radius 1 is 1.04 bits per heavy atom. The molecule has 4 heteroatoms. The minimum Gasteiger partial charge on any atom is -0.378 e. The lowest BCUT2D eigenvalue weighted by molar-refractivity contribution is -0.0496. The fourth-order valence-electron chi connectivity index (χ4n) is 5.79. The summed E-state index contributed by atoms with van der Waals surface area (Å²) >= 11 is 0. The molecule has 0 spiro atoms. The van der Waals surface area contributed by atoms with Gasteiger partial charge in [0, 0.05) is 32.0 Å². The summed E-state index contributed by atoms with van der Waals surface area (Å²) in [6.45, 7) is 0.845. The SMILES string of the molecule is CN(C)c1ccc(NC(=O)NCC23CC4CC(CC(C4)C2)C3)cc1. The van der Waals surface area contributed by atoms with Gasteiger partial charge in [0.15, 0.2) is 0 Å². The van der Waals surface area contributed by atoms with Crippen molar-refractivity contribution in [3.63, 3.8) is 0 Å². The zero-order valence-electron chi connectivity index (χ0n) is 14.8. The number of carbonyl (C=O) groups is 1. The van der Waals surface area contributed by atoms with Crippen molar-refractivity contribution in [3.8, 4) is 0 Å². The summed E-state index contributed by atoms with van der Waals surface area (Å²) in [5.74, 6) is 2.79. The van der Waals surface area contributed by atoms with E-state index in [4.69, 9.17) is 0 Å². The molecule has 4 nitrogen and oxygen atoms in total. The highest BCUT2D eigenvalue weighted by Gasteiger charge is 2.50. The van der Waals surface area contributed by atoms with Crippen LogP contribution in [0.2, 0.25) is 0 Å². The molecule has 1 aromatic carbocycles. The van der Waals surface area contributed by atoms with Gasteiger partial charge in [-0.1, -0.05) is 0 Å². The lowest BCUT2D eigenvalue weighted by atomic mass is 9.49. The minimum atomic E-state index is -0.0663.